The van der Waals surface area contributed by atoms with E-state index in [1.807, 2.05) is 0 Å². The lowest BCUT2D eigenvalue weighted by atomic mass is 10.1. The molecule has 0 heterocycles. The van der Waals surface area contributed by atoms with Crippen LogP contribution in [0.5, 0.6) is 0 Å². The largest absolute Gasteiger partial charge is 0.465 e. The number of rotatable bonds is 3. The third kappa shape index (κ3) is 2.40. The molecular weight excluding hydrogens is 202 g/mol. The van der Waals surface area contributed by atoms with Crippen molar-refractivity contribution in [2.24, 2.45) is 0 Å². The van der Waals surface area contributed by atoms with Crippen molar-refractivity contribution in [2.75, 3.05) is 11.8 Å². The first-order valence-electron chi connectivity index (χ1n) is 3.94. The molecule has 4 nitrogen and oxygen atoms in total. The minimum Gasteiger partial charge on any atom is -0.465 e. The van der Waals surface area contributed by atoms with Crippen molar-refractivity contribution in [1.82, 2.24) is 0 Å². The standard InChI is InChI=1S/C9H11NO3S/c1-13-9(12)7-2-6(5-11)3-8(4-7)10-14/h2-4,10-11,14H,5H2,1H3. The van der Waals surface area contributed by atoms with E-state index in [9.17, 15) is 4.79 Å². The molecule has 0 radical (unpaired) electrons. The molecule has 0 bridgehead atoms. The highest BCUT2D eigenvalue weighted by molar-refractivity contribution is 7.81. The summed E-state index contributed by atoms with van der Waals surface area (Å²) < 4.78 is 7.16. The number of aliphatic hydroxyl groups excluding tert-OH is 1. The Morgan fingerprint density at radius 2 is 2.29 bits per heavy atom. The number of benzene rings is 1. The molecule has 0 fully saturated rings. The molecule has 14 heavy (non-hydrogen) atoms. The smallest absolute Gasteiger partial charge is 0.337 e. The molecule has 76 valence electrons. The van der Waals surface area contributed by atoms with Gasteiger partial charge in [-0.05, 0) is 23.8 Å². The number of carbonyl (C=O) groups is 1. The average Bonchev–Trinajstić information content (AvgIpc) is 2.27. The van der Waals surface area contributed by atoms with Crippen LogP contribution in [-0.2, 0) is 11.3 Å². The summed E-state index contributed by atoms with van der Waals surface area (Å²) in [5.74, 6) is -0.440. The van der Waals surface area contributed by atoms with Crippen molar-refractivity contribution in [2.45, 2.75) is 6.61 Å². The van der Waals surface area contributed by atoms with Gasteiger partial charge in [0.2, 0.25) is 0 Å². The lowest BCUT2D eigenvalue weighted by molar-refractivity contribution is 0.0600. The summed E-state index contributed by atoms with van der Waals surface area (Å²) in [5, 5.41) is 8.93. The number of methoxy groups -OCH3 is 1. The fourth-order valence-corrected chi connectivity index (χ4v) is 1.21. The van der Waals surface area contributed by atoms with E-state index >= 15 is 0 Å². The highest BCUT2D eigenvalue weighted by Gasteiger charge is 2.07. The van der Waals surface area contributed by atoms with Gasteiger partial charge in [-0.15, -0.1) is 0 Å². The highest BCUT2D eigenvalue weighted by Crippen LogP contribution is 2.16. The van der Waals surface area contributed by atoms with Crippen molar-refractivity contribution >= 4 is 24.5 Å². The lowest BCUT2D eigenvalue weighted by Crippen LogP contribution is -2.02. The molecule has 0 aromatic heterocycles. The van der Waals surface area contributed by atoms with Crippen LogP contribution < -0.4 is 4.72 Å². The molecule has 0 aliphatic carbocycles. The Kier molecular flexibility index (Phi) is 3.79. The third-order valence-corrected chi connectivity index (χ3v) is 1.98. The van der Waals surface area contributed by atoms with E-state index in [0.29, 0.717) is 16.8 Å². The van der Waals surface area contributed by atoms with Gasteiger partial charge in [0.1, 0.15) is 0 Å². The maximum Gasteiger partial charge on any atom is 0.337 e. The van der Waals surface area contributed by atoms with Crippen molar-refractivity contribution in [3.63, 3.8) is 0 Å². The lowest BCUT2D eigenvalue weighted by Gasteiger charge is -2.05. The van der Waals surface area contributed by atoms with Gasteiger partial charge in [0.25, 0.3) is 0 Å². The van der Waals surface area contributed by atoms with E-state index in [0.717, 1.165) is 0 Å². The van der Waals surface area contributed by atoms with E-state index in [1.54, 1.807) is 18.2 Å². The van der Waals surface area contributed by atoms with E-state index in [4.69, 9.17) is 5.11 Å². The second kappa shape index (κ2) is 4.88. The number of anilines is 1. The van der Waals surface area contributed by atoms with Crippen LogP contribution in [0.2, 0.25) is 0 Å². The van der Waals surface area contributed by atoms with Crippen LogP contribution in [0.25, 0.3) is 0 Å². The molecule has 1 rings (SSSR count). The van der Waals surface area contributed by atoms with Gasteiger partial charge in [-0.2, -0.15) is 0 Å². The Morgan fingerprint density at radius 3 is 2.79 bits per heavy atom. The van der Waals surface area contributed by atoms with Crippen LogP contribution in [0.3, 0.4) is 0 Å². The number of carbonyl (C=O) groups excluding carboxylic acids is 1. The number of hydrogen-bond donors (Lipinski definition) is 3. The van der Waals surface area contributed by atoms with Gasteiger partial charge in [0.15, 0.2) is 0 Å². The summed E-state index contributed by atoms with van der Waals surface area (Å²) in [6, 6.07) is 4.86. The zero-order valence-corrected chi connectivity index (χ0v) is 8.54. The third-order valence-electron chi connectivity index (χ3n) is 1.73. The summed E-state index contributed by atoms with van der Waals surface area (Å²) in [6.45, 7) is -0.132. The molecular formula is C9H11NO3S. The van der Waals surface area contributed by atoms with Gasteiger partial charge in [-0.1, -0.05) is 12.8 Å². The van der Waals surface area contributed by atoms with Crippen LogP contribution in [-0.4, -0.2) is 18.2 Å². The van der Waals surface area contributed by atoms with E-state index < -0.39 is 5.97 Å². The highest BCUT2D eigenvalue weighted by atomic mass is 32.1. The van der Waals surface area contributed by atoms with Crippen molar-refractivity contribution in [3.8, 4) is 0 Å². The van der Waals surface area contributed by atoms with Crippen LogP contribution in [0.1, 0.15) is 15.9 Å². The van der Waals surface area contributed by atoms with E-state index in [-0.39, 0.29) is 6.61 Å². The zero-order valence-electron chi connectivity index (χ0n) is 7.65. The van der Waals surface area contributed by atoms with Gasteiger partial charge in [-0.3, -0.25) is 0 Å². The first-order valence-corrected chi connectivity index (χ1v) is 4.39. The maximum atomic E-state index is 11.2. The number of esters is 1. The van der Waals surface area contributed by atoms with Gasteiger partial charge in [0, 0.05) is 5.69 Å². The first kappa shape index (κ1) is 10.9. The molecule has 0 unspecified atom stereocenters. The molecule has 0 saturated heterocycles. The number of hydrogen-bond acceptors (Lipinski definition) is 5. The molecule has 0 aliphatic rings. The molecule has 0 atom stereocenters. The quantitative estimate of drug-likeness (QED) is 0.522. The Labute approximate surface area is 87.4 Å². The minimum atomic E-state index is -0.440. The molecule has 0 amide bonds. The van der Waals surface area contributed by atoms with Gasteiger partial charge < -0.3 is 14.6 Å². The Bertz CT molecular complexity index is 319. The molecule has 2 N–H and O–H groups in total. The summed E-state index contributed by atoms with van der Waals surface area (Å²) in [7, 11) is 1.31. The predicted molar refractivity (Wildman–Crippen MR) is 56.3 cm³/mol. The maximum absolute atomic E-state index is 11.2. The van der Waals surface area contributed by atoms with Crippen LogP contribution in [0.4, 0.5) is 5.69 Å². The molecule has 0 spiro atoms. The summed E-state index contributed by atoms with van der Waals surface area (Å²) in [6.07, 6.45) is 0. The summed E-state index contributed by atoms with van der Waals surface area (Å²) in [4.78, 5) is 11.2. The first-order chi connectivity index (χ1) is 6.71. The zero-order chi connectivity index (χ0) is 10.6. The topological polar surface area (TPSA) is 58.6 Å². The number of aliphatic hydroxyl groups is 1. The van der Waals surface area contributed by atoms with Gasteiger partial charge >= 0.3 is 5.97 Å². The Balaban J connectivity index is 3.10. The number of thiol groups is 1. The fourth-order valence-electron chi connectivity index (χ4n) is 1.08. The van der Waals surface area contributed by atoms with Crippen LogP contribution >= 0.6 is 12.8 Å². The molecule has 1 aromatic carbocycles. The van der Waals surface area contributed by atoms with E-state index in [2.05, 4.69) is 22.3 Å². The van der Waals surface area contributed by atoms with E-state index in [1.165, 1.54) is 7.11 Å². The second-order valence-corrected chi connectivity index (χ2v) is 2.90. The fraction of sp³-hybridized carbons (Fsp3) is 0.222. The summed E-state index contributed by atoms with van der Waals surface area (Å²) in [5.41, 5.74) is 1.65. The number of ether oxygens (including phenoxy) is 1. The Morgan fingerprint density at radius 1 is 1.57 bits per heavy atom. The Hall–Kier alpha value is -1.20. The molecule has 5 heteroatoms. The van der Waals surface area contributed by atoms with Crippen molar-refractivity contribution < 1.29 is 14.6 Å². The summed E-state index contributed by atoms with van der Waals surface area (Å²) >= 11 is 3.86. The second-order valence-electron chi connectivity index (χ2n) is 2.68. The van der Waals surface area contributed by atoms with Gasteiger partial charge in [-0.25, -0.2) is 4.79 Å². The van der Waals surface area contributed by atoms with Crippen molar-refractivity contribution in [1.29, 1.82) is 0 Å². The van der Waals surface area contributed by atoms with Crippen molar-refractivity contribution in [3.05, 3.63) is 29.3 Å². The monoisotopic (exact) mass is 213 g/mol. The predicted octanol–water partition coefficient (Wildman–Crippen LogP) is 1.22. The SMILES string of the molecule is COC(=O)c1cc(CO)cc(NS)c1. The minimum absolute atomic E-state index is 0.132. The van der Waals surface area contributed by atoms with Gasteiger partial charge in [0.05, 0.1) is 19.3 Å². The molecule has 0 saturated carbocycles. The molecule has 0 aliphatic heterocycles. The van der Waals surface area contributed by atoms with Crippen LogP contribution in [0.15, 0.2) is 18.2 Å². The number of nitrogens with one attached hydrogen (secondary N) is 1. The molecule has 1 aromatic rings. The average molecular weight is 213 g/mol. The van der Waals surface area contributed by atoms with Crippen LogP contribution in [0, 0.1) is 0 Å². The normalized spacial score (nSPS) is 9.64.